The van der Waals surface area contributed by atoms with Crippen molar-refractivity contribution in [2.75, 3.05) is 7.11 Å². The number of esters is 1. The molecule has 1 aromatic carbocycles. The Kier molecular flexibility index (Phi) is 3.75. The first-order chi connectivity index (χ1) is 10.2. The number of rotatable bonds is 4. The standard InChI is InChI=1S/C15H13ClN2O3/c1-20-15(19)13-12(8-17-18-14(13)16)21-11-4-2-3-10(7-11)9-5-6-9/h2-4,7-9H,5-6H2,1H3. The van der Waals surface area contributed by atoms with Gasteiger partial charge in [0.05, 0.1) is 13.3 Å². The van der Waals surface area contributed by atoms with Crippen molar-refractivity contribution >= 4 is 17.6 Å². The van der Waals surface area contributed by atoms with Gasteiger partial charge in [0.15, 0.2) is 10.9 Å². The Labute approximate surface area is 126 Å². The smallest absolute Gasteiger partial charge is 0.344 e. The Balaban J connectivity index is 1.92. The minimum absolute atomic E-state index is 0.0438. The van der Waals surface area contributed by atoms with Gasteiger partial charge in [0.25, 0.3) is 0 Å². The highest BCUT2D eigenvalue weighted by atomic mass is 35.5. The van der Waals surface area contributed by atoms with E-state index in [4.69, 9.17) is 21.1 Å². The molecule has 21 heavy (non-hydrogen) atoms. The third-order valence-corrected chi connectivity index (χ3v) is 3.56. The van der Waals surface area contributed by atoms with E-state index in [0.29, 0.717) is 11.7 Å². The van der Waals surface area contributed by atoms with Crippen molar-refractivity contribution in [3.8, 4) is 11.5 Å². The van der Waals surface area contributed by atoms with Gasteiger partial charge in [0.2, 0.25) is 0 Å². The SMILES string of the molecule is COC(=O)c1c(Oc2cccc(C3CC3)c2)cnnc1Cl. The van der Waals surface area contributed by atoms with Gasteiger partial charge in [0, 0.05) is 0 Å². The molecule has 2 aromatic rings. The lowest BCUT2D eigenvalue weighted by molar-refractivity contribution is 0.0597. The summed E-state index contributed by atoms with van der Waals surface area (Å²) < 4.78 is 10.4. The molecular formula is C15H13ClN2O3. The summed E-state index contributed by atoms with van der Waals surface area (Å²) in [4.78, 5) is 11.8. The van der Waals surface area contributed by atoms with E-state index in [-0.39, 0.29) is 16.5 Å². The molecule has 0 atom stereocenters. The van der Waals surface area contributed by atoms with E-state index in [9.17, 15) is 4.79 Å². The third-order valence-electron chi connectivity index (χ3n) is 3.30. The quantitative estimate of drug-likeness (QED) is 0.808. The molecule has 6 heteroatoms. The molecule has 0 N–H and O–H groups in total. The van der Waals surface area contributed by atoms with E-state index in [1.165, 1.54) is 31.7 Å². The molecule has 5 nitrogen and oxygen atoms in total. The van der Waals surface area contributed by atoms with Gasteiger partial charge < -0.3 is 9.47 Å². The van der Waals surface area contributed by atoms with Gasteiger partial charge in [-0.1, -0.05) is 23.7 Å². The van der Waals surface area contributed by atoms with Crippen LogP contribution in [-0.4, -0.2) is 23.3 Å². The largest absolute Gasteiger partial charge is 0.465 e. The van der Waals surface area contributed by atoms with E-state index < -0.39 is 5.97 Å². The number of halogens is 1. The Hall–Kier alpha value is -2.14. The topological polar surface area (TPSA) is 61.3 Å². The van der Waals surface area contributed by atoms with Crippen LogP contribution in [0.25, 0.3) is 0 Å². The predicted octanol–water partition coefficient (Wildman–Crippen LogP) is 3.59. The highest BCUT2D eigenvalue weighted by Gasteiger charge is 2.24. The number of hydrogen-bond acceptors (Lipinski definition) is 5. The molecule has 0 amide bonds. The van der Waals surface area contributed by atoms with Crippen molar-refractivity contribution in [2.24, 2.45) is 0 Å². The van der Waals surface area contributed by atoms with Crippen molar-refractivity contribution in [1.29, 1.82) is 0 Å². The zero-order chi connectivity index (χ0) is 14.8. The van der Waals surface area contributed by atoms with Gasteiger partial charge in [-0.2, -0.15) is 5.10 Å². The van der Waals surface area contributed by atoms with Gasteiger partial charge in [-0.25, -0.2) is 4.79 Å². The van der Waals surface area contributed by atoms with Crippen molar-refractivity contribution in [3.63, 3.8) is 0 Å². The number of hydrogen-bond donors (Lipinski definition) is 0. The molecule has 1 aliphatic rings. The Morgan fingerprint density at radius 3 is 2.90 bits per heavy atom. The summed E-state index contributed by atoms with van der Waals surface area (Å²) in [5, 5.41) is 7.31. The number of ether oxygens (including phenoxy) is 2. The normalized spacial score (nSPS) is 13.8. The van der Waals surface area contributed by atoms with Crippen molar-refractivity contribution < 1.29 is 14.3 Å². The average molecular weight is 305 g/mol. The van der Waals surface area contributed by atoms with Gasteiger partial charge in [-0.3, -0.25) is 0 Å². The summed E-state index contributed by atoms with van der Waals surface area (Å²) in [5.41, 5.74) is 1.31. The van der Waals surface area contributed by atoms with Gasteiger partial charge in [0.1, 0.15) is 11.3 Å². The molecule has 1 heterocycles. The van der Waals surface area contributed by atoms with Crippen LogP contribution in [0.5, 0.6) is 11.5 Å². The predicted molar refractivity (Wildman–Crippen MR) is 76.9 cm³/mol. The molecule has 1 fully saturated rings. The molecule has 0 spiro atoms. The maximum absolute atomic E-state index is 11.8. The van der Waals surface area contributed by atoms with Crippen LogP contribution in [0.15, 0.2) is 30.5 Å². The van der Waals surface area contributed by atoms with Crippen LogP contribution in [0.4, 0.5) is 0 Å². The third kappa shape index (κ3) is 2.97. The number of aromatic nitrogens is 2. The minimum Gasteiger partial charge on any atom is -0.465 e. The maximum atomic E-state index is 11.8. The zero-order valence-corrected chi connectivity index (χ0v) is 12.1. The van der Waals surface area contributed by atoms with Crippen molar-refractivity contribution in [1.82, 2.24) is 10.2 Å². The fourth-order valence-electron chi connectivity index (χ4n) is 2.09. The number of nitrogens with zero attached hydrogens (tertiary/aromatic N) is 2. The molecule has 1 saturated carbocycles. The second-order valence-corrected chi connectivity index (χ2v) is 5.17. The van der Waals surface area contributed by atoms with Crippen LogP contribution in [-0.2, 0) is 4.74 Å². The molecule has 1 aliphatic carbocycles. The Morgan fingerprint density at radius 1 is 1.38 bits per heavy atom. The average Bonchev–Trinajstić information content (AvgIpc) is 3.32. The van der Waals surface area contributed by atoms with Gasteiger partial charge in [-0.15, -0.1) is 5.10 Å². The van der Waals surface area contributed by atoms with E-state index in [0.717, 1.165) is 0 Å². The highest BCUT2D eigenvalue weighted by molar-refractivity contribution is 6.32. The van der Waals surface area contributed by atoms with Crippen LogP contribution >= 0.6 is 11.6 Å². The summed E-state index contributed by atoms with van der Waals surface area (Å²) in [6.45, 7) is 0. The molecule has 3 rings (SSSR count). The van der Waals surface area contributed by atoms with Crippen LogP contribution in [0.1, 0.15) is 34.7 Å². The molecule has 108 valence electrons. The number of methoxy groups -OCH3 is 1. The summed E-state index contributed by atoms with van der Waals surface area (Å²) in [6, 6.07) is 7.79. The molecule has 1 aromatic heterocycles. The number of carbonyl (C=O) groups excluding carboxylic acids is 1. The molecular weight excluding hydrogens is 292 g/mol. The second-order valence-electron chi connectivity index (χ2n) is 4.82. The van der Waals surface area contributed by atoms with Crippen LogP contribution < -0.4 is 4.74 Å². The Bertz CT molecular complexity index is 686. The lowest BCUT2D eigenvalue weighted by Crippen LogP contribution is -2.06. The van der Waals surface area contributed by atoms with Crippen LogP contribution in [0.3, 0.4) is 0 Å². The summed E-state index contributed by atoms with van der Waals surface area (Å²) >= 11 is 5.91. The maximum Gasteiger partial charge on any atom is 0.344 e. The molecule has 0 saturated heterocycles. The lowest BCUT2D eigenvalue weighted by Gasteiger charge is -2.10. The monoisotopic (exact) mass is 304 g/mol. The summed E-state index contributed by atoms with van der Waals surface area (Å²) in [6.07, 6.45) is 3.76. The zero-order valence-electron chi connectivity index (χ0n) is 11.4. The summed E-state index contributed by atoms with van der Waals surface area (Å²) in [7, 11) is 1.27. The van der Waals surface area contributed by atoms with Crippen LogP contribution in [0, 0.1) is 0 Å². The fourth-order valence-corrected chi connectivity index (χ4v) is 2.30. The van der Waals surface area contributed by atoms with Gasteiger partial charge in [-0.05, 0) is 36.5 Å². The first-order valence-electron chi connectivity index (χ1n) is 6.56. The summed E-state index contributed by atoms with van der Waals surface area (Å²) in [5.74, 6) is 0.874. The fraction of sp³-hybridized carbons (Fsp3) is 0.267. The first kappa shape index (κ1) is 13.8. The molecule has 0 unspecified atom stereocenters. The van der Waals surface area contributed by atoms with E-state index in [2.05, 4.69) is 16.3 Å². The van der Waals surface area contributed by atoms with E-state index in [1.54, 1.807) is 0 Å². The van der Waals surface area contributed by atoms with Crippen LogP contribution in [0.2, 0.25) is 5.15 Å². The molecule has 0 bridgehead atoms. The molecule has 0 radical (unpaired) electrons. The highest BCUT2D eigenvalue weighted by Crippen LogP contribution is 2.41. The van der Waals surface area contributed by atoms with Crippen molar-refractivity contribution in [2.45, 2.75) is 18.8 Å². The first-order valence-corrected chi connectivity index (χ1v) is 6.94. The number of benzene rings is 1. The second kappa shape index (κ2) is 5.69. The van der Waals surface area contributed by atoms with Crippen molar-refractivity contribution in [3.05, 3.63) is 46.7 Å². The van der Waals surface area contributed by atoms with E-state index in [1.807, 2.05) is 18.2 Å². The van der Waals surface area contributed by atoms with E-state index >= 15 is 0 Å². The van der Waals surface area contributed by atoms with Gasteiger partial charge >= 0.3 is 5.97 Å². The molecule has 0 aliphatic heterocycles. The number of carbonyl (C=O) groups is 1. The Morgan fingerprint density at radius 2 is 2.19 bits per heavy atom. The minimum atomic E-state index is -0.608. The lowest BCUT2D eigenvalue weighted by atomic mass is 10.1.